The van der Waals surface area contributed by atoms with Crippen molar-refractivity contribution in [1.29, 1.82) is 0 Å². The van der Waals surface area contributed by atoms with Gasteiger partial charge in [-0.25, -0.2) is 0 Å². The Morgan fingerprint density at radius 3 is 2.04 bits per heavy atom. The summed E-state index contributed by atoms with van der Waals surface area (Å²) in [6.45, 7) is 1.82. The molecule has 1 nitrogen and oxygen atoms in total. The Morgan fingerprint density at radius 2 is 1.50 bits per heavy atom. The van der Waals surface area contributed by atoms with Crippen LogP contribution >= 0.6 is 0 Å². The molecule has 1 aromatic rings. The van der Waals surface area contributed by atoms with Gasteiger partial charge in [-0.1, -0.05) is 0 Å². The monoisotopic (exact) mass is 437 g/mol. The van der Waals surface area contributed by atoms with Crippen LogP contribution in [0.15, 0.2) is 6.07 Å². The van der Waals surface area contributed by atoms with Gasteiger partial charge in [0.25, 0.3) is 0 Å². The molecule has 0 aromatic heterocycles. The third-order valence-corrected chi connectivity index (χ3v) is 7.81. The summed E-state index contributed by atoms with van der Waals surface area (Å²) in [6.07, 6.45) is 9.74. The van der Waals surface area contributed by atoms with Crippen molar-refractivity contribution in [1.82, 2.24) is 0 Å². The van der Waals surface area contributed by atoms with Crippen molar-refractivity contribution in [2.24, 2.45) is 11.8 Å². The van der Waals surface area contributed by atoms with Crippen molar-refractivity contribution in [2.45, 2.75) is 68.1 Å². The minimum absolute atomic E-state index is 0.120. The number of hydrogen-bond donors (Lipinski definition) is 0. The van der Waals surface area contributed by atoms with Crippen molar-refractivity contribution in [3.05, 3.63) is 28.8 Å². The summed E-state index contributed by atoms with van der Waals surface area (Å²) >= 11 is 1.69. The fourth-order valence-corrected chi connectivity index (χ4v) is 5.75. The van der Waals surface area contributed by atoms with Crippen LogP contribution in [0.4, 0.5) is 8.78 Å². The second-order valence-corrected chi connectivity index (χ2v) is 9.90. The Hall–Kier alpha value is -0.256. The van der Waals surface area contributed by atoms with Gasteiger partial charge in [0.1, 0.15) is 0 Å². The number of benzene rings is 1. The van der Waals surface area contributed by atoms with Crippen LogP contribution in [0.2, 0.25) is 3.93 Å². The molecule has 5 heteroatoms. The number of aryl methyl sites for hydroxylation is 1. The quantitative estimate of drug-likeness (QED) is 0.596. The third kappa shape index (κ3) is 3.78. The van der Waals surface area contributed by atoms with Crippen molar-refractivity contribution in [3.63, 3.8) is 0 Å². The molecule has 0 spiro atoms. The summed E-state index contributed by atoms with van der Waals surface area (Å²) in [7, 11) is 5.02. The molecule has 127 valence electrons. The molecule has 0 heterocycles. The van der Waals surface area contributed by atoms with E-state index < -0.39 is 11.6 Å². The fourth-order valence-electron chi connectivity index (χ4n) is 4.79. The first-order valence-electron chi connectivity index (χ1n) is 9.07. The van der Waals surface area contributed by atoms with E-state index in [9.17, 15) is 8.78 Å². The van der Waals surface area contributed by atoms with Crippen LogP contribution < -0.4 is 4.65 Å². The predicted octanol–water partition coefficient (Wildman–Crippen LogP) is 5.16. The molecule has 24 heavy (non-hydrogen) atoms. The molecule has 3 rings (SSSR count). The van der Waals surface area contributed by atoms with Crippen molar-refractivity contribution < 1.29 is 13.4 Å². The fraction of sp³-hybridized carbons (Fsp3) is 0.684. The zero-order chi connectivity index (χ0) is 17.3. The Balaban J connectivity index is 1.68. The maximum absolute atomic E-state index is 14.5. The number of hydrogen-bond acceptors (Lipinski definition) is 1. The second kappa shape index (κ2) is 7.96. The van der Waals surface area contributed by atoms with E-state index in [-0.39, 0.29) is 11.7 Å². The Bertz CT molecular complexity index is 579. The molecular formula is C19H24BF2OSn. The van der Waals surface area contributed by atoms with E-state index >= 15 is 0 Å². The van der Waals surface area contributed by atoms with E-state index in [0.29, 0.717) is 5.56 Å². The van der Waals surface area contributed by atoms with Gasteiger partial charge >= 0.3 is 154 Å². The van der Waals surface area contributed by atoms with Crippen molar-refractivity contribution >= 4 is 30.6 Å². The summed E-state index contributed by atoms with van der Waals surface area (Å²) in [5.41, 5.74) is 1.28. The van der Waals surface area contributed by atoms with Gasteiger partial charge in [-0.3, -0.25) is 0 Å². The summed E-state index contributed by atoms with van der Waals surface area (Å²) in [4.78, 5) is 0. The molecule has 0 saturated heterocycles. The van der Waals surface area contributed by atoms with Crippen LogP contribution in [0, 0.1) is 30.4 Å². The summed E-state index contributed by atoms with van der Waals surface area (Å²) in [5.74, 6) is -0.170. The predicted molar refractivity (Wildman–Crippen MR) is 93.6 cm³/mol. The Kier molecular flexibility index (Phi) is 6.15. The number of rotatable bonds is 3. The molecule has 2 aliphatic rings. The molecule has 0 N–H and O–H groups in total. The Labute approximate surface area is 158 Å². The van der Waals surface area contributed by atoms with Gasteiger partial charge in [0, 0.05) is 0 Å². The van der Waals surface area contributed by atoms with Crippen LogP contribution in [-0.4, -0.2) is 30.6 Å². The van der Waals surface area contributed by atoms with E-state index in [2.05, 4.69) is 4.65 Å². The molecule has 1 aromatic carbocycles. The molecule has 5 radical (unpaired) electrons. The van der Waals surface area contributed by atoms with Gasteiger partial charge in [0.2, 0.25) is 0 Å². The first-order chi connectivity index (χ1) is 11.5. The van der Waals surface area contributed by atoms with Crippen LogP contribution in [0.25, 0.3) is 0 Å². The van der Waals surface area contributed by atoms with E-state index in [1.54, 1.807) is 22.5 Å². The van der Waals surface area contributed by atoms with Crippen molar-refractivity contribution in [2.75, 3.05) is 0 Å². The van der Waals surface area contributed by atoms with E-state index in [1.165, 1.54) is 31.7 Å². The zero-order valence-corrected chi connectivity index (χ0v) is 17.1. The van der Waals surface area contributed by atoms with Crippen LogP contribution in [0.3, 0.4) is 0 Å². The number of halogens is 2. The second-order valence-electron chi connectivity index (χ2n) is 7.57. The van der Waals surface area contributed by atoms with Crippen molar-refractivity contribution in [3.8, 4) is 5.75 Å². The molecule has 2 saturated carbocycles. The minimum atomic E-state index is -0.954. The van der Waals surface area contributed by atoms with E-state index in [1.807, 2.05) is 6.92 Å². The average Bonchev–Trinajstić information content (AvgIpc) is 2.59. The van der Waals surface area contributed by atoms with E-state index in [0.717, 1.165) is 47.0 Å². The van der Waals surface area contributed by atoms with Gasteiger partial charge in [0.05, 0.1) is 0 Å². The van der Waals surface area contributed by atoms with Crippen LogP contribution in [0.1, 0.15) is 68.4 Å². The van der Waals surface area contributed by atoms with Gasteiger partial charge in [-0.2, -0.15) is 0 Å². The molecular weight excluding hydrogens is 412 g/mol. The normalized spacial score (nSPS) is 31.0. The van der Waals surface area contributed by atoms with Crippen LogP contribution in [0.5, 0.6) is 5.75 Å². The molecule has 0 amide bonds. The molecule has 0 bridgehead atoms. The Morgan fingerprint density at radius 1 is 0.958 bits per heavy atom. The van der Waals surface area contributed by atoms with E-state index in [4.69, 9.17) is 8.05 Å². The zero-order valence-electron chi connectivity index (χ0n) is 14.3. The topological polar surface area (TPSA) is 9.23 Å². The van der Waals surface area contributed by atoms with Crippen LogP contribution in [-0.2, 0) is 0 Å². The molecule has 0 unspecified atom stereocenters. The van der Waals surface area contributed by atoms with Gasteiger partial charge < -0.3 is 4.65 Å². The third-order valence-electron chi connectivity index (χ3n) is 6.16. The molecule has 2 fully saturated rings. The van der Waals surface area contributed by atoms with Gasteiger partial charge in [-0.15, -0.1) is 0 Å². The first kappa shape index (κ1) is 18.5. The summed E-state index contributed by atoms with van der Waals surface area (Å²) < 4.78 is 33.9. The maximum atomic E-state index is 14.5. The summed E-state index contributed by atoms with van der Waals surface area (Å²) in [5, 5.41) is 0. The first-order valence-corrected chi connectivity index (χ1v) is 10.7. The average molecular weight is 436 g/mol. The SMILES string of the molecule is [B]Oc1cc(C)c(C2CCC(C3CC[CH]([Sn])CC3)CC2)c(F)c1F. The molecule has 2 aliphatic carbocycles. The standard InChI is InChI=1S/C19H24BF2O.Sn/c1-12-11-16(23-20)18(21)19(22)17(12)15-9-7-14(8-10-15)13-5-3-2-4-6-13;/h2,11,13-15H,3-10H2,1H3;. The molecule has 0 atom stereocenters. The van der Waals surface area contributed by atoms with Gasteiger partial charge in [-0.05, 0) is 0 Å². The molecule has 0 aliphatic heterocycles. The summed E-state index contributed by atoms with van der Waals surface area (Å²) in [6, 6.07) is 1.52. The van der Waals surface area contributed by atoms with Gasteiger partial charge in [0.15, 0.2) is 0 Å².